The van der Waals surface area contributed by atoms with Crippen molar-refractivity contribution in [3.63, 3.8) is 0 Å². The number of thioether (sulfide) groups is 1. The van der Waals surface area contributed by atoms with Gasteiger partial charge in [-0.15, -0.1) is 11.8 Å². The maximum absolute atomic E-state index is 11.7. The van der Waals surface area contributed by atoms with E-state index in [-0.39, 0.29) is 35.9 Å². The second-order valence-corrected chi connectivity index (χ2v) is 4.90. The number of nitrogens with one attached hydrogen (secondary N) is 1. The van der Waals surface area contributed by atoms with E-state index in [1.807, 2.05) is 6.92 Å². The van der Waals surface area contributed by atoms with Gasteiger partial charge in [-0.3, -0.25) is 19.3 Å². The fraction of sp³-hybridized carbons (Fsp3) is 0.700. The fourth-order valence-corrected chi connectivity index (χ4v) is 2.48. The van der Waals surface area contributed by atoms with Crippen molar-refractivity contribution in [3.05, 3.63) is 0 Å². The van der Waals surface area contributed by atoms with Gasteiger partial charge in [-0.1, -0.05) is 6.92 Å². The molecular formula is C10H16N2O3S. The summed E-state index contributed by atoms with van der Waals surface area (Å²) in [6, 6.07) is 0. The molecule has 1 aliphatic heterocycles. The zero-order chi connectivity index (χ0) is 12.1. The van der Waals surface area contributed by atoms with Gasteiger partial charge in [-0.05, 0) is 12.7 Å². The van der Waals surface area contributed by atoms with Crippen molar-refractivity contribution in [1.29, 1.82) is 0 Å². The van der Waals surface area contributed by atoms with Crippen LogP contribution in [0, 0.1) is 0 Å². The summed E-state index contributed by atoms with van der Waals surface area (Å²) in [4.78, 5) is 35.6. The van der Waals surface area contributed by atoms with E-state index in [4.69, 9.17) is 0 Å². The molecule has 5 nitrogen and oxygen atoms in total. The number of imide groups is 1. The van der Waals surface area contributed by atoms with Gasteiger partial charge in [0.15, 0.2) is 0 Å². The van der Waals surface area contributed by atoms with E-state index in [1.54, 1.807) is 6.92 Å². The Morgan fingerprint density at radius 1 is 1.50 bits per heavy atom. The molecule has 0 aromatic rings. The lowest BCUT2D eigenvalue weighted by atomic mass is 10.4. The van der Waals surface area contributed by atoms with Crippen molar-refractivity contribution < 1.29 is 14.4 Å². The van der Waals surface area contributed by atoms with Crippen LogP contribution in [-0.2, 0) is 14.4 Å². The number of carbonyl (C=O) groups excluding carboxylic acids is 3. The minimum Gasteiger partial charge on any atom is -0.355 e. The van der Waals surface area contributed by atoms with Crippen LogP contribution < -0.4 is 5.32 Å². The van der Waals surface area contributed by atoms with Crippen LogP contribution in [0.4, 0.5) is 0 Å². The number of carbonyl (C=O) groups is 3. The lowest BCUT2D eigenvalue weighted by Gasteiger charge is -2.13. The molecule has 3 amide bonds. The van der Waals surface area contributed by atoms with Crippen molar-refractivity contribution in [2.45, 2.75) is 25.5 Å². The highest BCUT2D eigenvalue weighted by molar-refractivity contribution is 8.00. The number of likely N-dealkylation sites (tertiary alicyclic amines) is 1. The Balaban J connectivity index is 2.57. The van der Waals surface area contributed by atoms with Gasteiger partial charge in [0.2, 0.25) is 17.7 Å². The molecule has 0 aromatic heterocycles. The summed E-state index contributed by atoms with van der Waals surface area (Å²) in [7, 11) is 0. The maximum Gasteiger partial charge on any atom is 0.243 e. The van der Waals surface area contributed by atoms with Crippen LogP contribution in [0.3, 0.4) is 0 Å². The van der Waals surface area contributed by atoms with Crippen molar-refractivity contribution in [3.8, 4) is 0 Å². The van der Waals surface area contributed by atoms with Crippen LogP contribution in [0.1, 0.15) is 20.3 Å². The quantitative estimate of drug-likeness (QED) is 0.691. The molecule has 6 heteroatoms. The molecular weight excluding hydrogens is 228 g/mol. The lowest BCUT2D eigenvalue weighted by Crippen LogP contribution is -2.40. The predicted molar refractivity (Wildman–Crippen MR) is 61.9 cm³/mol. The Morgan fingerprint density at radius 2 is 2.19 bits per heavy atom. The minimum absolute atomic E-state index is 0.147. The second kappa shape index (κ2) is 5.89. The van der Waals surface area contributed by atoms with Crippen LogP contribution >= 0.6 is 11.8 Å². The van der Waals surface area contributed by atoms with Gasteiger partial charge in [0.05, 0.1) is 5.25 Å². The monoisotopic (exact) mass is 244 g/mol. The molecule has 0 saturated carbocycles. The number of nitrogens with zero attached hydrogens (tertiary/aromatic N) is 1. The number of rotatable bonds is 5. The third-order valence-corrected chi connectivity index (χ3v) is 3.35. The molecule has 0 aromatic carbocycles. The molecule has 1 atom stereocenters. The molecule has 1 heterocycles. The normalized spacial score (nSPS) is 20.4. The van der Waals surface area contributed by atoms with Crippen LogP contribution in [0.25, 0.3) is 0 Å². The first-order valence-corrected chi connectivity index (χ1v) is 6.37. The summed E-state index contributed by atoms with van der Waals surface area (Å²) in [6.45, 7) is 4.09. The second-order valence-electron chi connectivity index (χ2n) is 3.42. The van der Waals surface area contributed by atoms with Crippen LogP contribution in [0.15, 0.2) is 0 Å². The molecule has 0 spiro atoms. The SMILES string of the molecule is CCNC(=O)CN1C(=O)CC(SCC)C1=O. The largest absolute Gasteiger partial charge is 0.355 e. The number of likely N-dealkylation sites (N-methyl/N-ethyl adjacent to an activating group) is 1. The zero-order valence-corrected chi connectivity index (χ0v) is 10.3. The van der Waals surface area contributed by atoms with Crippen LogP contribution in [0.2, 0.25) is 0 Å². The molecule has 0 aliphatic carbocycles. The Bertz CT molecular complexity index is 306. The van der Waals surface area contributed by atoms with Crippen LogP contribution in [0.5, 0.6) is 0 Å². The molecule has 1 unspecified atom stereocenters. The highest BCUT2D eigenvalue weighted by Crippen LogP contribution is 2.24. The van der Waals surface area contributed by atoms with Crippen molar-refractivity contribution >= 4 is 29.5 Å². The fourth-order valence-electron chi connectivity index (χ4n) is 1.55. The summed E-state index contributed by atoms with van der Waals surface area (Å²) in [5.74, 6) is 0.0234. The number of hydrogen-bond acceptors (Lipinski definition) is 4. The van der Waals surface area contributed by atoms with Crippen molar-refractivity contribution in [1.82, 2.24) is 10.2 Å². The van der Waals surface area contributed by atoms with E-state index >= 15 is 0 Å². The molecule has 1 saturated heterocycles. The average Bonchev–Trinajstić information content (AvgIpc) is 2.47. The molecule has 90 valence electrons. The number of hydrogen-bond donors (Lipinski definition) is 1. The van der Waals surface area contributed by atoms with Gasteiger partial charge in [-0.2, -0.15) is 0 Å². The van der Waals surface area contributed by atoms with Gasteiger partial charge in [-0.25, -0.2) is 0 Å². The summed E-state index contributed by atoms with van der Waals surface area (Å²) in [5, 5.41) is 2.27. The summed E-state index contributed by atoms with van der Waals surface area (Å²) in [5.41, 5.74) is 0. The van der Waals surface area contributed by atoms with Crippen molar-refractivity contribution in [2.24, 2.45) is 0 Å². The van der Waals surface area contributed by atoms with E-state index < -0.39 is 0 Å². The van der Waals surface area contributed by atoms with E-state index in [0.29, 0.717) is 6.54 Å². The highest BCUT2D eigenvalue weighted by atomic mass is 32.2. The van der Waals surface area contributed by atoms with Gasteiger partial charge in [0.1, 0.15) is 6.54 Å². The smallest absolute Gasteiger partial charge is 0.243 e. The Morgan fingerprint density at radius 3 is 2.75 bits per heavy atom. The Hall–Kier alpha value is -1.04. The van der Waals surface area contributed by atoms with Gasteiger partial charge < -0.3 is 5.32 Å². The Kier molecular flexibility index (Phi) is 4.79. The molecule has 0 radical (unpaired) electrons. The standard InChI is InChI=1S/C10H16N2O3S/c1-3-11-8(13)6-12-9(14)5-7(10(12)15)16-4-2/h7H,3-6H2,1-2H3,(H,11,13). The summed E-state index contributed by atoms with van der Waals surface area (Å²) < 4.78 is 0. The number of amides is 3. The third kappa shape index (κ3) is 2.98. The summed E-state index contributed by atoms with van der Waals surface area (Å²) >= 11 is 1.45. The van der Waals surface area contributed by atoms with Gasteiger partial charge in [0.25, 0.3) is 0 Å². The van der Waals surface area contributed by atoms with E-state index in [2.05, 4.69) is 5.32 Å². The highest BCUT2D eigenvalue weighted by Gasteiger charge is 2.39. The van der Waals surface area contributed by atoms with E-state index in [1.165, 1.54) is 11.8 Å². The first kappa shape index (κ1) is 13.0. The van der Waals surface area contributed by atoms with E-state index in [0.717, 1.165) is 10.7 Å². The van der Waals surface area contributed by atoms with Crippen molar-refractivity contribution in [2.75, 3.05) is 18.8 Å². The molecule has 1 rings (SSSR count). The molecule has 0 bridgehead atoms. The first-order chi connectivity index (χ1) is 7.60. The van der Waals surface area contributed by atoms with Crippen LogP contribution in [-0.4, -0.2) is 46.7 Å². The lowest BCUT2D eigenvalue weighted by molar-refractivity contribution is -0.142. The van der Waals surface area contributed by atoms with Gasteiger partial charge in [0, 0.05) is 13.0 Å². The zero-order valence-electron chi connectivity index (χ0n) is 9.49. The Labute approximate surface area is 98.9 Å². The maximum atomic E-state index is 11.7. The average molecular weight is 244 g/mol. The van der Waals surface area contributed by atoms with E-state index in [9.17, 15) is 14.4 Å². The minimum atomic E-state index is -0.299. The topological polar surface area (TPSA) is 66.5 Å². The third-order valence-electron chi connectivity index (χ3n) is 2.25. The predicted octanol–water partition coefficient (Wildman–Crippen LogP) is 0.00310. The molecule has 16 heavy (non-hydrogen) atoms. The molecule has 1 fully saturated rings. The van der Waals surface area contributed by atoms with Gasteiger partial charge >= 0.3 is 0 Å². The summed E-state index contributed by atoms with van der Waals surface area (Å²) in [6.07, 6.45) is 0.219. The first-order valence-electron chi connectivity index (χ1n) is 5.32. The molecule has 1 N–H and O–H groups in total. The molecule has 1 aliphatic rings.